The molecule has 2 N–H and O–H groups in total. The number of carbonyl (C=O) groups is 2. The molecule has 0 saturated heterocycles. The molecule has 0 aliphatic carbocycles. The van der Waals surface area contributed by atoms with Crippen LogP contribution in [-0.4, -0.2) is 30.1 Å². The quantitative estimate of drug-likeness (QED) is 0.784. The minimum atomic E-state index is -1.05. The van der Waals surface area contributed by atoms with E-state index in [-0.39, 0.29) is 5.92 Å². The molecule has 0 saturated carbocycles. The van der Waals surface area contributed by atoms with E-state index in [1.54, 1.807) is 40.2 Å². The highest BCUT2D eigenvalue weighted by molar-refractivity contribution is 5.98. The van der Waals surface area contributed by atoms with Crippen LogP contribution >= 0.6 is 0 Å². The van der Waals surface area contributed by atoms with Crippen molar-refractivity contribution in [2.45, 2.75) is 33.7 Å². The third-order valence-corrected chi connectivity index (χ3v) is 4.09. The smallest absolute Gasteiger partial charge is 0.326 e. The number of nitrogens with one attached hydrogen (secondary N) is 1. The van der Waals surface area contributed by atoms with E-state index < -0.39 is 17.9 Å². The van der Waals surface area contributed by atoms with Gasteiger partial charge < -0.3 is 19.6 Å². The molecule has 0 aliphatic rings. The van der Waals surface area contributed by atoms with Crippen LogP contribution in [0.15, 0.2) is 28.9 Å². The molecule has 1 amide bonds. The maximum absolute atomic E-state index is 12.2. The zero-order valence-corrected chi connectivity index (χ0v) is 15.0. The lowest BCUT2D eigenvalue weighted by Gasteiger charge is -2.17. The maximum Gasteiger partial charge on any atom is 0.326 e. The van der Waals surface area contributed by atoms with Gasteiger partial charge in [0.2, 0.25) is 5.91 Å². The summed E-state index contributed by atoms with van der Waals surface area (Å²) in [6.07, 6.45) is 3.05. The third kappa shape index (κ3) is 4.02. The summed E-state index contributed by atoms with van der Waals surface area (Å²) in [6, 6.07) is 2.75. The Hall–Kier alpha value is -2.76. The maximum atomic E-state index is 12.2. The molecule has 0 aliphatic heterocycles. The number of hydrogen-bond acceptors (Lipinski definition) is 4. The van der Waals surface area contributed by atoms with Crippen molar-refractivity contribution in [1.29, 1.82) is 0 Å². The third-order valence-electron chi connectivity index (χ3n) is 4.09. The Labute approximate surface area is 146 Å². The molecule has 6 nitrogen and oxygen atoms in total. The van der Waals surface area contributed by atoms with Crippen LogP contribution in [0.4, 0.5) is 0 Å². The number of carbonyl (C=O) groups excluding carboxylic acids is 1. The van der Waals surface area contributed by atoms with Crippen LogP contribution in [0, 0.1) is 12.8 Å². The SMILES string of the molecule is COc1cc2occ(C)c2cc1/C(C)=C/C(=O)NC(C(=O)O)C(C)C. The molecule has 0 fully saturated rings. The normalized spacial score (nSPS) is 13.1. The summed E-state index contributed by atoms with van der Waals surface area (Å²) in [5, 5.41) is 12.6. The number of ether oxygens (including phenoxy) is 1. The van der Waals surface area contributed by atoms with Crippen LogP contribution in [0.1, 0.15) is 31.9 Å². The molecule has 25 heavy (non-hydrogen) atoms. The summed E-state index contributed by atoms with van der Waals surface area (Å²) in [7, 11) is 1.55. The van der Waals surface area contributed by atoms with Crippen molar-refractivity contribution in [2.75, 3.05) is 7.11 Å². The lowest BCUT2D eigenvalue weighted by molar-refractivity contribution is -0.142. The molecule has 2 aromatic rings. The summed E-state index contributed by atoms with van der Waals surface area (Å²) >= 11 is 0. The molecule has 1 aromatic carbocycles. The molecule has 1 unspecified atom stereocenters. The van der Waals surface area contributed by atoms with Crippen molar-refractivity contribution in [2.24, 2.45) is 5.92 Å². The van der Waals surface area contributed by atoms with Gasteiger partial charge in [-0.2, -0.15) is 0 Å². The van der Waals surface area contributed by atoms with Gasteiger partial charge in [0.25, 0.3) is 0 Å². The summed E-state index contributed by atoms with van der Waals surface area (Å²) in [6.45, 7) is 7.21. The van der Waals surface area contributed by atoms with Crippen molar-refractivity contribution in [1.82, 2.24) is 5.32 Å². The number of amides is 1. The fourth-order valence-corrected chi connectivity index (χ4v) is 2.64. The number of furan rings is 1. The molecule has 6 heteroatoms. The van der Waals surface area contributed by atoms with Crippen molar-refractivity contribution in [3.8, 4) is 5.75 Å². The summed E-state index contributed by atoms with van der Waals surface area (Å²) < 4.78 is 10.9. The summed E-state index contributed by atoms with van der Waals surface area (Å²) in [5.74, 6) is -1.14. The minimum Gasteiger partial charge on any atom is -0.496 e. The monoisotopic (exact) mass is 345 g/mol. The zero-order valence-electron chi connectivity index (χ0n) is 15.0. The molecular weight excluding hydrogens is 322 g/mol. The number of hydrogen-bond donors (Lipinski definition) is 2. The summed E-state index contributed by atoms with van der Waals surface area (Å²) in [5.41, 5.74) is 3.12. The van der Waals surface area contributed by atoms with Crippen LogP contribution in [0.3, 0.4) is 0 Å². The first kappa shape index (κ1) is 18.6. The Balaban J connectivity index is 2.35. The second-order valence-corrected chi connectivity index (χ2v) is 6.36. The highest BCUT2D eigenvalue weighted by Crippen LogP contribution is 2.33. The fraction of sp³-hybridized carbons (Fsp3) is 0.368. The first-order valence-electron chi connectivity index (χ1n) is 8.02. The predicted octanol–water partition coefficient (Wildman–Crippen LogP) is 3.38. The topological polar surface area (TPSA) is 88.8 Å². The Morgan fingerprint density at radius 3 is 2.56 bits per heavy atom. The van der Waals surface area contributed by atoms with Gasteiger partial charge in [0, 0.05) is 23.1 Å². The van der Waals surface area contributed by atoms with E-state index in [9.17, 15) is 14.7 Å². The zero-order chi connectivity index (χ0) is 18.7. The van der Waals surface area contributed by atoms with E-state index in [0.29, 0.717) is 16.9 Å². The second-order valence-electron chi connectivity index (χ2n) is 6.36. The standard InChI is InChI=1S/C19H23NO5/c1-10(2)18(19(22)23)20-17(21)6-11(3)13-7-14-12(4)9-25-16(14)8-15(13)24-5/h6-10,18H,1-5H3,(H,20,21)(H,22,23)/b11-6+. The molecule has 0 radical (unpaired) electrons. The van der Waals surface area contributed by atoms with Gasteiger partial charge in [-0.3, -0.25) is 4.79 Å². The van der Waals surface area contributed by atoms with E-state index >= 15 is 0 Å². The Kier molecular flexibility index (Phi) is 5.51. The van der Waals surface area contributed by atoms with Crippen LogP contribution in [0.2, 0.25) is 0 Å². The van der Waals surface area contributed by atoms with Gasteiger partial charge in [0.05, 0.1) is 13.4 Å². The van der Waals surface area contributed by atoms with Gasteiger partial charge in [-0.25, -0.2) is 4.79 Å². The minimum absolute atomic E-state index is 0.213. The number of methoxy groups -OCH3 is 1. The van der Waals surface area contributed by atoms with Crippen LogP contribution < -0.4 is 10.1 Å². The number of benzene rings is 1. The first-order valence-corrected chi connectivity index (χ1v) is 8.02. The Morgan fingerprint density at radius 1 is 1.32 bits per heavy atom. The van der Waals surface area contributed by atoms with E-state index in [4.69, 9.17) is 9.15 Å². The summed E-state index contributed by atoms with van der Waals surface area (Å²) in [4.78, 5) is 23.4. The first-order chi connectivity index (χ1) is 11.7. The number of fused-ring (bicyclic) bond motifs is 1. The molecular formula is C19H23NO5. The van der Waals surface area contributed by atoms with E-state index in [0.717, 1.165) is 16.5 Å². The molecule has 1 atom stereocenters. The van der Waals surface area contributed by atoms with Gasteiger partial charge in [0.1, 0.15) is 17.4 Å². The number of carboxylic acid groups (broad SMARTS) is 1. The number of rotatable bonds is 6. The van der Waals surface area contributed by atoms with Gasteiger partial charge in [0.15, 0.2) is 0 Å². The molecule has 0 spiro atoms. The van der Waals surface area contributed by atoms with E-state index in [2.05, 4.69) is 5.32 Å². The highest BCUT2D eigenvalue weighted by atomic mass is 16.5. The Morgan fingerprint density at radius 2 is 2.00 bits per heavy atom. The van der Waals surface area contributed by atoms with Crippen LogP contribution in [0.25, 0.3) is 16.5 Å². The largest absolute Gasteiger partial charge is 0.496 e. The van der Waals surface area contributed by atoms with Gasteiger partial charge in [-0.15, -0.1) is 0 Å². The number of carboxylic acids is 1. The number of aliphatic carboxylic acids is 1. The van der Waals surface area contributed by atoms with E-state index in [1.807, 2.05) is 13.0 Å². The van der Waals surface area contributed by atoms with Crippen molar-refractivity contribution in [3.63, 3.8) is 0 Å². The molecule has 134 valence electrons. The van der Waals surface area contributed by atoms with Crippen LogP contribution in [0.5, 0.6) is 5.75 Å². The van der Waals surface area contributed by atoms with Crippen molar-refractivity contribution in [3.05, 3.63) is 35.6 Å². The van der Waals surface area contributed by atoms with Gasteiger partial charge in [-0.05, 0) is 37.0 Å². The number of allylic oxidation sites excluding steroid dienone is 1. The lowest BCUT2D eigenvalue weighted by Crippen LogP contribution is -2.43. The van der Waals surface area contributed by atoms with Gasteiger partial charge in [-0.1, -0.05) is 13.8 Å². The predicted molar refractivity (Wildman–Crippen MR) is 95.6 cm³/mol. The molecule has 0 bridgehead atoms. The second kappa shape index (κ2) is 7.42. The average molecular weight is 345 g/mol. The molecule has 1 heterocycles. The van der Waals surface area contributed by atoms with Crippen molar-refractivity contribution < 1.29 is 23.8 Å². The van der Waals surface area contributed by atoms with E-state index in [1.165, 1.54) is 6.08 Å². The lowest BCUT2D eigenvalue weighted by atomic mass is 10.0. The fourth-order valence-electron chi connectivity index (χ4n) is 2.64. The number of aryl methyl sites for hydroxylation is 1. The average Bonchev–Trinajstić information content (AvgIpc) is 2.91. The van der Waals surface area contributed by atoms with Gasteiger partial charge >= 0.3 is 5.97 Å². The van der Waals surface area contributed by atoms with Crippen LogP contribution in [-0.2, 0) is 9.59 Å². The molecule has 2 rings (SSSR count). The highest BCUT2D eigenvalue weighted by Gasteiger charge is 2.23. The molecule has 1 aromatic heterocycles. The van der Waals surface area contributed by atoms with Crippen molar-refractivity contribution >= 4 is 28.4 Å². The Bertz CT molecular complexity index is 832.